The van der Waals surface area contributed by atoms with E-state index in [1.54, 1.807) is 23.2 Å². The third-order valence-corrected chi connectivity index (χ3v) is 5.52. The lowest BCUT2D eigenvalue weighted by molar-refractivity contribution is -0.141. The highest BCUT2D eigenvalue weighted by atomic mass is 35.5. The zero-order valence-corrected chi connectivity index (χ0v) is 16.9. The Bertz CT molecular complexity index is 1040. The van der Waals surface area contributed by atoms with Gasteiger partial charge in [-0.15, -0.1) is 10.2 Å². The predicted molar refractivity (Wildman–Crippen MR) is 102 cm³/mol. The monoisotopic (exact) mass is 441 g/mol. The third-order valence-electron chi connectivity index (χ3n) is 4.00. The number of aromatic nitrogens is 5. The number of ketones is 1. The van der Waals surface area contributed by atoms with Crippen molar-refractivity contribution in [1.29, 1.82) is 0 Å². The van der Waals surface area contributed by atoms with E-state index >= 15 is 0 Å². The molecule has 1 atom stereocenters. The molecule has 0 saturated carbocycles. The summed E-state index contributed by atoms with van der Waals surface area (Å²) in [7, 11) is 1.83. The molecule has 0 aliphatic heterocycles. The summed E-state index contributed by atoms with van der Waals surface area (Å²) < 4.78 is 40.7. The molecule has 0 aliphatic carbocycles. The molecule has 3 heterocycles. The van der Waals surface area contributed by atoms with E-state index in [2.05, 4.69) is 20.2 Å². The second kappa shape index (κ2) is 8.50. The molecule has 6 nitrogen and oxygen atoms in total. The highest BCUT2D eigenvalue weighted by molar-refractivity contribution is 7.99. The molecule has 0 bridgehead atoms. The molecule has 3 aromatic heterocycles. The average Bonchev–Trinajstić information content (AvgIpc) is 3.06. The van der Waals surface area contributed by atoms with Crippen molar-refractivity contribution >= 4 is 29.1 Å². The summed E-state index contributed by atoms with van der Waals surface area (Å²) in [4.78, 5) is 20.0. The Balaban J connectivity index is 1.76. The first-order valence-corrected chi connectivity index (χ1v) is 9.63. The van der Waals surface area contributed by atoms with Gasteiger partial charge in [0.15, 0.2) is 16.6 Å². The average molecular weight is 442 g/mol. The van der Waals surface area contributed by atoms with Gasteiger partial charge in [0.2, 0.25) is 0 Å². The van der Waals surface area contributed by atoms with Gasteiger partial charge in [-0.1, -0.05) is 23.4 Å². The first-order valence-electron chi connectivity index (χ1n) is 8.37. The van der Waals surface area contributed by atoms with Crippen LogP contribution in [-0.2, 0) is 19.6 Å². The number of aryl methyl sites for hydroxylation is 1. The van der Waals surface area contributed by atoms with Crippen molar-refractivity contribution in [2.45, 2.75) is 29.9 Å². The van der Waals surface area contributed by atoms with Gasteiger partial charge < -0.3 is 4.57 Å². The SMILES string of the molecule is C[C@H](Sc1nncn1C)c1ccnc(CC(=O)c2ccc(Cl)c(C(F)(F)F)n2)c1. The Morgan fingerprint density at radius 2 is 2.07 bits per heavy atom. The van der Waals surface area contributed by atoms with Crippen LogP contribution in [0.4, 0.5) is 13.2 Å². The molecular formula is C18H15ClF3N5OS. The molecule has 0 fully saturated rings. The maximum atomic E-state index is 13.0. The summed E-state index contributed by atoms with van der Waals surface area (Å²) in [5.41, 5.74) is -0.255. The Morgan fingerprint density at radius 3 is 2.72 bits per heavy atom. The summed E-state index contributed by atoms with van der Waals surface area (Å²) >= 11 is 7.04. The summed E-state index contributed by atoms with van der Waals surface area (Å²) in [6.07, 6.45) is -1.76. The normalized spacial score (nSPS) is 12.8. The van der Waals surface area contributed by atoms with Crippen molar-refractivity contribution in [3.63, 3.8) is 0 Å². The summed E-state index contributed by atoms with van der Waals surface area (Å²) in [5, 5.41) is 8.03. The van der Waals surface area contributed by atoms with E-state index in [1.165, 1.54) is 17.8 Å². The van der Waals surface area contributed by atoms with Gasteiger partial charge in [-0.3, -0.25) is 9.78 Å². The number of hydrogen-bond donors (Lipinski definition) is 0. The van der Waals surface area contributed by atoms with Gasteiger partial charge in [-0.2, -0.15) is 13.2 Å². The van der Waals surface area contributed by atoms with E-state index in [0.29, 0.717) is 5.69 Å². The number of carbonyl (C=O) groups excluding carboxylic acids is 1. The van der Waals surface area contributed by atoms with E-state index in [1.807, 2.05) is 20.0 Å². The zero-order valence-electron chi connectivity index (χ0n) is 15.3. The molecule has 0 spiro atoms. The summed E-state index contributed by atoms with van der Waals surface area (Å²) in [6.45, 7) is 1.97. The molecule has 0 aromatic carbocycles. The fourth-order valence-electron chi connectivity index (χ4n) is 2.50. The first kappa shape index (κ1) is 21.3. The topological polar surface area (TPSA) is 73.6 Å². The molecule has 29 heavy (non-hydrogen) atoms. The second-order valence-corrected chi connectivity index (χ2v) is 7.90. The highest BCUT2D eigenvalue weighted by Gasteiger charge is 2.36. The van der Waals surface area contributed by atoms with Crippen LogP contribution in [-0.4, -0.2) is 30.5 Å². The number of halogens is 4. The minimum absolute atomic E-state index is 0.000223. The lowest BCUT2D eigenvalue weighted by Crippen LogP contribution is -2.14. The number of carbonyl (C=O) groups is 1. The quantitative estimate of drug-likeness (QED) is 0.412. The van der Waals surface area contributed by atoms with Crippen LogP contribution in [0.25, 0.3) is 0 Å². The van der Waals surface area contributed by atoms with Gasteiger partial charge in [0.25, 0.3) is 0 Å². The molecule has 0 amide bonds. The Labute approximate surface area is 173 Å². The number of nitrogens with zero attached hydrogens (tertiary/aromatic N) is 5. The molecule has 0 aliphatic rings. The number of hydrogen-bond acceptors (Lipinski definition) is 6. The largest absolute Gasteiger partial charge is 0.434 e. The van der Waals surface area contributed by atoms with Crippen LogP contribution in [0.3, 0.4) is 0 Å². The molecule has 0 N–H and O–H groups in total. The van der Waals surface area contributed by atoms with Crippen LogP contribution >= 0.6 is 23.4 Å². The van der Waals surface area contributed by atoms with Crippen molar-refractivity contribution in [3.8, 4) is 0 Å². The molecular weight excluding hydrogens is 427 g/mol. The molecule has 0 unspecified atom stereocenters. The van der Waals surface area contributed by atoms with Crippen molar-refractivity contribution in [1.82, 2.24) is 24.7 Å². The number of alkyl halides is 3. The van der Waals surface area contributed by atoms with Crippen LogP contribution in [0.1, 0.15) is 39.6 Å². The van der Waals surface area contributed by atoms with Crippen molar-refractivity contribution in [2.75, 3.05) is 0 Å². The minimum Gasteiger partial charge on any atom is -0.312 e. The maximum Gasteiger partial charge on any atom is 0.434 e. The van der Waals surface area contributed by atoms with E-state index in [9.17, 15) is 18.0 Å². The van der Waals surface area contributed by atoms with Gasteiger partial charge in [-0.25, -0.2) is 4.98 Å². The maximum absolute atomic E-state index is 13.0. The van der Waals surface area contributed by atoms with Crippen LogP contribution in [0.5, 0.6) is 0 Å². The summed E-state index contributed by atoms with van der Waals surface area (Å²) in [6, 6.07) is 5.75. The Kier molecular flexibility index (Phi) is 6.23. The molecule has 3 rings (SSSR count). The van der Waals surface area contributed by atoms with E-state index < -0.39 is 22.7 Å². The van der Waals surface area contributed by atoms with Gasteiger partial charge in [0.1, 0.15) is 12.0 Å². The molecule has 152 valence electrons. The van der Waals surface area contributed by atoms with Crippen LogP contribution in [0.2, 0.25) is 5.02 Å². The fraction of sp³-hybridized carbons (Fsp3) is 0.278. The number of pyridine rings is 2. The van der Waals surface area contributed by atoms with Gasteiger partial charge in [0.05, 0.1) is 11.4 Å². The van der Waals surface area contributed by atoms with Crippen molar-refractivity contribution < 1.29 is 18.0 Å². The fourth-order valence-corrected chi connectivity index (χ4v) is 3.62. The Hall–Kier alpha value is -2.46. The number of Topliss-reactive ketones (excluding diaryl/α,β-unsaturated/α-hetero) is 1. The smallest absolute Gasteiger partial charge is 0.312 e. The number of rotatable bonds is 6. The van der Waals surface area contributed by atoms with E-state index in [4.69, 9.17) is 11.6 Å². The minimum atomic E-state index is -4.74. The molecule has 0 radical (unpaired) electrons. The standard InChI is InChI=1S/C18H15ClF3N5OS/c1-10(29-17-26-24-9-27(17)2)11-5-6-23-12(7-11)8-15(28)14-4-3-13(19)16(25-14)18(20,21)22/h3-7,9-10H,8H2,1-2H3/t10-/m0/s1. The van der Waals surface area contributed by atoms with E-state index in [0.717, 1.165) is 16.8 Å². The highest BCUT2D eigenvalue weighted by Crippen LogP contribution is 2.34. The number of thioether (sulfide) groups is 1. The summed E-state index contributed by atoms with van der Waals surface area (Å²) in [5.74, 6) is -0.578. The first-order chi connectivity index (χ1) is 13.6. The van der Waals surface area contributed by atoms with Crippen LogP contribution in [0.15, 0.2) is 41.9 Å². The van der Waals surface area contributed by atoms with Crippen LogP contribution < -0.4 is 0 Å². The lowest BCUT2D eigenvalue weighted by Gasteiger charge is -2.12. The molecule has 11 heteroatoms. The van der Waals surface area contributed by atoms with Gasteiger partial charge in [0, 0.05) is 24.2 Å². The zero-order chi connectivity index (χ0) is 21.2. The van der Waals surface area contributed by atoms with Gasteiger partial charge >= 0.3 is 6.18 Å². The third kappa shape index (κ3) is 5.13. The van der Waals surface area contributed by atoms with Crippen LogP contribution in [0, 0.1) is 0 Å². The van der Waals surface area contributed by atoms with Crippen molar-refractivity contribution in [3.05, 3.63) is 64.5 Å². The lowest BCUT2D eigenvalue weighted by atomic mass is 10.1. The molecule has 0 saturated heterocycles. The predicted octanol–water partition coefficient (Wildman–Crippen LogP) is 4.56. The second-order valence-electron chi connectivity index (χ2n) is 6.19. The Morgan fingerprint density at radius 1 is 1.31 bits per heavy atom. The van der Waals surface area contributed by atoms with Crippen molar-refractivity contribution in [2.24, 2.45) is 7.05 Å². The molecule has 3 aromatic rings. The van der Waals surface area contributed by atoms with Gasteiger partial charge in [-0.05, 0) is 36.8 Å². The van der Waals surface area contributed by atoms with E-state index in [-0.39, 0.29) is 17.4 Å².